The summed E-state index contributed by atoms with van der Waals surface area (Å²) in [6, 6.07) is 26.2. The molecule has 220 valence electrons. The van der Waals surface area contributed by atoms with Crippen LogP contribution in [-0.4, -0.2) is 34.5 Å². The molecule has 44 heavy (non-hydrogen) atoms. The third-order valence-electron chi connectivity index (χ3n) is 6.82. The van der Waals surface area contributed by atoms with Crippen molar-refractivity contribution in [2.45, 2.75) is 13.5 Å². The largest absolute Gasteiger partial charge is 0.496 e. The van der Waals surface area contributed by atoms with Gasteiger partial charge in [-0.05, 0) is 48.9 Å². The van der Waals surface area contributed by atoms with Gasteiger partial charge in [0, 0.05) is 11.6 Å². The van der Waals surface area contributed by atoms with E-state index >= 15 is 0 Å². The highest BCUT2D eigenvalue weighted by Gasteiger charge is 2.23. The Bertz CT molecular complexity index is 2080. The fourth-order valence-electron chi connectivity index (χ4n) is 4.79. The van der Waals surface area contributed by atoms with Crippen LogP contribution < -0.4 is 19.8 Å². The number of ether oxygens (including phenoxy) is 3. The van der Waals surface area contributed by atoms with Gasteiger partial charge in [0.2, 0.25) is 11.6 Å². The highest BCUT2D eigenvalue weighted by Crippen LogP contribution is 2.39. The molecule has 11 heteroatoms. The lowest BCUT2D eigenvalue weighted by Crippen LogP contribution is -2.20. The van der Waals surface area contributed by atoms with Gasteiger partial charge in [-0.15, -0.1) is 0 Å². The van der Waals surface area contributed by atoms with Crippen molar-refractivity contribution in [3.8, 4) is 28.8 Å². The molecular weight excluding hydrogens is 564 g/mol. The molecule has 11 nitrogen and oxygen atoms in total. The van der Waals surface area contributed by atoms with Crippen molar-refractivity contribution in [3.05, 3.63) is 123 Å². The van der Waals surface area contributed by atoms with Crippen LogP contribution >= 0.6 is 0 Å². The lowest BCUT2D eigenvalue weighted by atomic mass is 10.1. The average Bonchev–Trinajstić information content (AvgIpc) is 3.49. The van der Waals surface area contributed by atoms with E-state index in [1.165, 1.54) is 12.3 Å². The van der Waals surface area contributed by atoms with Crippen LogP contribution in [0.5, 0.6) is 17.2 Å². The summed E-state index contributed by atoms with van der Waals surface area (Å²) in [6.07, 6.45) is 1.33. The van der Waals surface area contributed by atoms with Crippen molar-refractivity contribution >= 4 is 33.8 Å². The summed E-state index contributed by atoms with van der Waals surface area (Å²) < 4.78 is 24.3. The first kappa shape index (κ1) is 28.2. The van der Waals surface area contributed by atoms with Gasteiger partial charge in [0.05, 0.1) is 41.1 Å². The number of nitrogens with zero attached hydrogens (tertiary/aromatic N) is 4. The summed E-state index contributed by atoms with van der Waals surface area (Å²) in [7, 11) is 1.56. The van der Waals surface area contributed by atoms with Crippen LogP contribution in [0.3, 0.4) is 0 Å². The highest BCUT2D eigenvalue weighted by molar-refractivity contribution is 5.89. The van der Waals surface area contributed by atoms with E-state index in [2.05, 4.69) is 5.10 Å². The molecule has 0 N–H and O–H groups in total. The fourth-order valence-corrected chi connectivity index (χ4v) is 4.79. The predicted octanol–water partition coefficient (Wildman–Crippen LogP) is 6.59. The van der Waals surface area contributed by atoms with Crippen LogP contribution in [0, 0.1) is 10.1 Å². The molecule has 0 spiro atoms. The highest BCUT2D eigenvalue weighted by atomic mass is 16.6. The zero-order valence-corrected chi connectivity index (χ0v) is 23.8. The number of nitro groups is 1. The number of nitro benzene ring substituents is 1. The van der Waals surface area contributed by atoms with Gasteiger partial charge in [-0.1, -0.05) is 48.5 Å². The van der Waals surface area contributed by atoms with Gasteiger partial charge in [-0.3, -0.25) is 14.9 Å². The Morgan fingerprint density at radius 1 is 0.955 bits per heavy atom. The van der Waals surface area contributed by atoms with Gasteiger partial charge in [-0.25, -0.2) is 4.98 Å². The second-order valence-electron chi connectivity index (χ2n) is 9.63. The average molecular weight is 591 g/mol. The second kappa shape index (κ2) is 12.1. The molecule has 0 saturated carbocycles. The molecule has 2 aromatic heterocycles. The van der Waals surface area contributed by atoms with Crippen LogP contribution in [0.25, 0.3) is 33.5 Å². The van der Waals surface area contributed by atoms with Gasteiger partial charge in [-0.2, -0.15) is 9.78 Å². The third kappa shape index (κ3) is 5.45. The Hall–Kier alpha value is -5.97. The maximum atomic E-state index is 13.7. The third-order valence-corrected chi connectivity index (χ3v) is 6.82. The van der Waals surface area contributed by atoms with Crippen molar-refractivity contribution < 1.29 is 23.6 Å². The van der Waals surface area contributed by atoms with E-state index in [9.17, 15) is 14.9 Å². The zero-order valence-electron chi connectivity index (χ0n) is 23.8. The summed E-state index contributed by atoms with van der Waals surface area (Å²) in [4.78, 5) is 30.0. The van der Waals surface area contributed by atoms with Crippen molar-refractivity contribution in [2.24, 2.45) is 5.10 Å². The molecule has 0 radical (unpaired) electrons. The number of hydrogen-bond donors (Lipinski definition) is 0. The van der Waals surface area contributed by atoms with Crippen molar-refractivity contribution in [1.29, 1.82) is 0 Å². The Labute approximate surface area is 250 Å². The minimum Gasteiger partial charge on any atom is -0.496 e. The molecular formula is C33H26N4O7. The van der Waals surface area contributed by atoms with E-state index in [1.54, 1.807) is 68.6 Å². The number of fused-ring (bicyclic) bond motifs is 2. The first-order valence-electron chi connectivity index (χ1n) is 13.7. The number of methoxy groups -OCH3 is 1. The molecule has 6 rings (SSSR count). The molecule has 0 unspecified atom stereocenters. The monoisotopic (exact) mass is 590 g/mol. The van der Waals surface area contributed by atoms with Gasteiger partial charge in [0.1, 0.15) is 17.9 Å². The number of benzene rings is 4. The minimum atomic E-state index is -0.544. The maximum Gasteiger partial charge on any atom is 0.315 e. The van der Waals surface area contributed by atoms with Gasteiger partial charge in [0.25, 0.3) is 5.56 Å². The van der Waals surface area contributed by atoms with E-state index in [4.69, 9.17) is 23.6 Å². The van der Waals surface area contributed by atoms with Crippen LogP contribution in [0.4, 0.5) is 5.69 Å². The van der Waals surface area contributed by atoms with Crippen molar-refractivity contribution in [1.82, 2.24) is 9.66 Å². The summed E-state index contributed by atoms with van der Waals surface area (Å²) >= 11 is 0. The Kier molecular flexibility index (Phi) is 7.75. The standard InChI is InChI=1S/C33H26N4O7/c1-3-42-29-17-22(16-26(37(39)40)31(29)43-20-21-10-5-4-6-11-21)19-34-36-32(35-25-13-8-7-12-23(25)33(36)38)30-18-24-27(41-2)14-9-15-28(24)44-30/h4-19H,3,20H2,1-2H3. The van der Waals surface area contributed by atoms with E-state index in [0.29, 0.717) is 33.2 Å². The molecule has 0 aliphatic heterocycles. The molecule has 0 saturated heterocycles. The first-order chi connectivity index (χ1) is 21.5. The lowest BCUT2D eigenvalue weighted by Gasteiger charge is -2.13. The number of para-hydroxylation sites is 1. The van der Waals surface area contributed by atoms with E-state index in [1.807, 2.05) is 30.3 Å². The number of furan rings is 1. The zero-order chi connectivity index (χ0) is 30.6. The summed E-state index contributed by atoms with van der Waals surface area (Å²) in [5.41, 5.74) is 1.40. The van der Waals surface area contributed by atoms with Crippen LogP contribution in [0.1, 0.15) is 18.1 Å². The molecule has 6 aromatic rings. The minimum absolute atomic E-state index is 0.000645. The van der Waals surface area contributed by atoms with E-state index in [-0.39, 0.29) is 42.0 Å². The lowest BCUT2D eigenvalue weighted by molar-refractivity contribution is -0.386. The summed E-state index contributed by atoms with van der Waals surface area (Å²) in [5, 5.41) is 17.6. The second-order valence-corrected chi connectivity index (χ2v) is 9.63. The smallest absolute Gasteiger partial charge is 0.315 e. The van der Waals surface area contributed by atoms with Crippen LogP contribution in [-0.2, 0) is 6.61 Å². The maximum absolute atomic E-state index is 13.7. The summed E-state index contributed by atoms with van der Waals surface area (Å²) in [5.74, 6) is 1.20. The number of hydrogen-bond acceptors (Lipinski definition) is 9. The Balaban J connectivity index is 1.46. The SMILES string of the molecule is CCOc1cc(C=Nn2c(-c3cc4c(OC)cccc4o3)nc3ccccc3c2=O)cc([N+](=O)[O-])c1OCc1ccccc1. The molecule has 0 aliphatic carbocycles. The van der Waals surface area contributed by atoms with Crippen LogP contribution in [0.15, 0.2) is 105 Å². The Morgan fingerprint density at radius 3 is 2.52 bits per heavy atom. The van der Waals surface area contributed by atoms with Crippen molar-refractivity contribution in [2.75, 3.05) is 13.7 Å². The number of rotatable bonds is 10. The van der Waals surface area contributed by atoms with Gasteiger partial charge >= 0.3 is 5.69 Å². The molecule has 0 atom stereocenters. The fraction of sp³-hybridized carbons (Fsp3) is 0.121. The topological polar surface area (TPSA) is 131 Å². The molecule has 2 heterocycles. The first-order valence-corrected chi connectivity index (χ1v) is 13.7. The number of aromatic nitrogens is 2. The van der Waals surface area contributed by atoms with Gasteiger partial charge in [0.15, 0.2) is 11.5 Å². The van der Waals surface area contributed by atoms with Crippen molar-refractivity contribution in [3.63, 3.8) is 0 Å². The normalized spacial score (nSPS) is 11.3. The van der Waals surface area contributed by atoms with Gasteiger partial charge < -0.3 is 18.6 Å². The van der Waals surface area contributed by atoms with Crippen LogP contribution in [0.2, 0.25) is 0 Å². The van der Waals surface area contributed by atoms with E-state index < -0.39 is 10.5 Å². The molecule has 4 aromatic carbocycles. The molecule has 0 aliphatic rings. The summed E-state index contributed by atoms with van der Waals surface area (Å²) in [6.45, 7) is 2.12. The Morgan fingerprint density at radius 2 is 1.75 bits per heavy atom. The molecule has 0 fully saturated rings. The predicted molar refractivity (Wildman–Crippen MR) is 166 cm³/mol. The molecule has 0 amide bonds. The molecule has 0 bridgehead atoms. The quantitative estimate of drug-likeness (QED) is 0.0992. The van der Waals surface area contributed by atoms with E-state index in [0.717, 1.165) is 10.2 Å².